The molecule has 1 aromatic heterocycles. The highest BCUT2D eigenvalue weighted by Gasteiger charge is 2.29. The van der Waals surface area contributed by atoms with Gasteiger partial charge in [-0.05, 0) is 38.5 Å². The van der Waals surface area contributed by atoms with Crippen LogP contribution < -0.4 is 0 Å². The number of aromatic nitrogens is 2. The van der Waals surface area contributed by atoms with Crippen LogP contribution in [-0.4, -0.2) is 15.2 Å². The van der Waals surface area contributed by atoms with Gasteiger partial charge in [0.05, 0.1) is 5.69 Å². The maximum atomic E-state index is 6.27. The lowest BCUT2D eigenvalue weighted by atomic mass is 10.1. The van der Waals surface area contributed by atoms with Crippen LogP contribution in [-0.2, 0) is 13.5 Å². The molecule has 2 rings (SSSR count). The Labute approximate surface area is 101 Å². The van der Waals surface area contributed by atoms with E-state index < -0.39 is 0 Å². The van der Waals surface area contributed by atoms with Crippen molar-refractivity contribution in [3.8, 4) is 0 Å². The standard InChI is InChI=1S/C11H16Cl2N2/c1-7-9(11(13)15(2)14-7)5-6-10(12)8-3-4-8/h8,10H,3-6H2,1-2H3. The minimum Gasteiger partial charge on any atom is -0.257 e. The van der Waals surface area contributed by atoms with Crippen molar-refractivity contribution in [2.45, 2.75) is 38.0 Å². The van der Waals surface area contributed by atoms with Gasteiger partial charge in [-0.25, -0.2) is 0 Å². The summed E-state index contributed by atoms with van der Waals surface area (Å²) in [7, 11) is 1.87. The maximum Gasteiger partial charge on any atom is 0.130 e. The molecule has 0 spiro atoms. The van der Waals surface area contributed by atoms with Gasteiger partial charge in [0.15, 0.2) is 0 Å². The van der Waals surface area contributed by atoms with Gasteiger partial charge < -0.3 is 0 Å². The molecule has 1 fully saturated rings. The summed E-state index contributed by atoms with van der Waals surface area (Å²) in [5.41, 5.74) is 2.19. The molecule has 1 atom stereocenters. The third kappa shape index (κ3) is 2.48. The second-order valence-electron chi connectivity index (χ2n) is 4.37. The summed E-state index contributed by atoms with van der Waals surface area (Å²) in [5.74, 6) is 0.752. The molecule has 1 unspecified atom stereocenters. The van der Waals surface area contributed by atoms with Crippen molar-refractivity contribution in [1.82, 2.24) is 9.78 Å². The summed E-state index contributed by atoms with van der Waals surface area (Å²) >= 11 is 12.4. The van der Waals surface area contributed by atoms with E-state index in [1.165, 1.54) is 12.8 Å². The van der Waals surface area contributed by atoms with Crippen LogP contribution in [0.1, 0.15) is 30.5 Å². The molecule has 15 heavy (non-hydrogen) atoms. The van der Waals surface area contributed by atoms with Crippen LogP contribution >= 0.6 is 23.2 Å². The Balaban J connectivity index is 1.97. The molecule has 0 bridgehead atoms. The van der Waals surface area contributed by atoms with Gasteiger partial charge in [-0.15, -0.1) is 11.6 Å². The topological polar surface area (TPSA) is 17.8 Å². The van der Waals surface area contributed by atoms with E-state index in [2.05, 4.69) is 5.10 Å². The van der Waals surface area contributed by atoms with Crippen LogP contribution in [0, 0.1) is 12.8 Å². The summed E-state index contributed by atoms with van der Waals surface area (Å²) in [6.07, 6.45) is 4.56. The van der Waals surface area contributed by atoms with E-state index in [1.807, 2.05) is 14.0 Å². The average molecular weight is 247 g/mol. The summed E-state index contributed by atoms with van der Waals surface area (Å²) in [6, 6.07) is 0. The minimum atomic E-state index is 0.320. The Hall–Kier alpha value is -0.210. The highest BCUT2D eigenvalue weighted by molar-refractivity contribution is 6.30. The first-order valence-electron chi connectivity index (χ1n) is 5.41. The first kappa shape index (κ1) is 11.3. The molecule has 0 saturated heterocycles. The Morgan fingerprint density at radius 1 is 1.53 bits per heavy atom. The molecule has 0 aromatic carbocycles. The Morgan fingerprint density at radius 2 is 2.20 bits per heavy atom. The second-order valence-corrected chi connectivity index (χ2v) is 5.29. The van der Waals surface area contributed by atoms with Crippen molar-refractivity contribution in [2.24, 2.45) is 13.0 Å². The SMILES string of the molecule is Cc1nn(C)c(Cl)c1CCC(Cl)C1CC1. The van der Waals surface area contributed by atoms with Gasteiger partial charge in [0.1, 0.15) is 5.15 Å². The summed E-state index contributed by atoms with van der Waals surface area (Å²) < 4.78 is 1.73. The lowest BCUT2D eigenvalue weighted by Gasteiger charge is -2.06. The maximum absolute atomic E-state index is 6.27. The van der Waals surface area contributed by atoms with Crippen LogP contribution in [0.2, 0.25) is 5.15 Å². The van der Waals surface area contributed by atoms with Crippen molar-refractivity contribution in [3.63, 3.8) is 0 Å². The quantitative estimate of drug-likeness (QED) is 0.746. The van der Waals surface area contributed by atoms with Gasteiger partial charge in [0.25, 0.3) is 0 Å². The van der Waals surface area contributed by atoms with E-state index in [-0.39, 0.29) is 0 Å². The fourth-order valence-electron chi connectivity index (χ4n) is 1.93. The second kappa shape index (κ2) is 4.34. The zero-order valence-electron chi connectivity index (χ0n) is 9.13. The first-order valence-corrected chi connectivity index (χ1v) is 6.23. The molecule has 0 N–H and O–H groups in total. The summed E-state index contributed by atoms with van der Waals surface area (Å²) in [6.45, 7) is 2.00. The van der Waals surface area contributed by atoms with Crippen molar-refractivity contribution in [2.75, 3.05) is 0 Å². The van der Waals surface area contributed by atoms with Gasteiger partial charge in [0, 0.05) is 18.0 Å². The van der Waals surface area contributed by atoms with Crippen LogP contribution in [0.4, 0.5) is 0 Å². The number of alkyl halides is 1. The molecule has 1 aliphatic carbocycles. The summed E-state index contributed by atoms with van der Waals surface area (Å²) in [4.78, 5) is 0. The number of hydrogen-bond acceptors (Lipinski definition) is 1. The molecular weight excluding hydrogens is 231 g/mol. The van der Waals surface area contributed by atoms with E-state index in [0.717, 1.165) is 35.2 Å². The average Bonchev–Trinajstić information content (AvgIpc) is 2.96. The molecule has 0 aliphatic heterocycles. The molecule has 84 valence electrons. The molecule has 0 amide bonds. The third-order valence-corrected chi connectivity index (χ3v) is 4.12. The zero-order valence-corrected chi connectivity index (χ0v) is 10.6. The number of rotatable bonds is 4. The number of hydrogen-bond donors (Lipinski definition) is 0. The molecule has 0 radical (unpaired) electrons. The van der Waals surface area contributed by atoms with Crippen LogP contribution in [0.3, 0.4) is 0 Å². The van der Waals surface area contributed by atoms with E-state index in [0.29, 0.717) is 5.38 Å². The van der Waals surface area contributed by atoms with Gasteiger partial charge in [-0.3, -0.25) is 4.68 Å². The van der Waals surface area contributed by atoms with Crippen LogP contribution in [0.25, 0.3) is 0 Å². The van der Waals surface area contributed by atoms with Gasteiger partial charge in [-0.2, -0.15) is 5.10 Å². The van der Waals surface area contributed by atoms with Gasteiger partial charge >= 0.3 is 0 Å². The molecule has 4 heteroatoms. The molecule has 1 aliphatic rings. The van der Waals surface area contributed by atoms with Crippen molar-refractivity contribution in [1.29, 1.82) is 0 Å². The lowest BCUT2D eigenvalue weighted by molar-refractivity contribution is 0.675. The molecule has 1 saturated carbocycles. The van der Waals surface area contributed by atoms with Crippen LogP contribution in [0.15, 0.2) is 0 Å². The number of nitrogens with zero attached hydrogens (tertiary/aromatic N) is 2. The van der Waals surface area contributed by atoms with E-state index in [1.54, 1.807) is 4.68 Å². The molecule has 1 aromatic rings. The molecule has 1 heterocycles. The van der Waals surface area contributed by atoms with Crippen LogP contribution in [0.5, 0.6) is 0 Å². The molecular formula is C11H16Cl2N2. The van der Waals surface area contributed by atoms with E-state index >= 15 is 0 Å². The van der Waals surface area contributed by atoms with E-state index in [4.69, 9.17) is 23.2 Å². The predicted octanol–water partition coefficient (Wildman–Crippen LogP) is 3.33. The third-order valence-electron chi connectivity index (χ3n) is 3.07. The first-order chi connectivity index (χ1) is 7.09. The lowest BCUT2D eigenvalue weighted by Crippen LogP contribution is -2.03. The van der Waals surface area contributed by atoms with Gasteiger partial charge in [-0.1, -0.05) is 11.6 Å². The number of halogens is 2. The Bertz CT molecular complexity index is 356. The zero-order chi connectivity index (χ0) is 11.0. The Kier molecular flexibility index (Phi) is 3.27. The normalized spacial score (nSPS) is 18.1. The summed E-state index contributed by atoms with van der Waals surface area (Å²) in [5, 5.41) is 5.37. The Morgan fingerprint density at radius 3 is 2.67 bits per heavy atom. The predicted molar refractivity (Wildman–Crippen MR) is 63.6 cm³/mol. The molecule has 2 nitrogen and oxygen atoms in total. The number of aryl methyl sites for hydroxylation is 2. The van der Waals surface area contributed by atoms with Gasteiger partial charge in [0.2, 0.25) is 0 Å². The smallest absolute Gasteiger partial charge is 0.130 e. The van der Waals surface area contributed by atoms with Crippen molar-refractivity contribution in [3.05, 3.63) is 16.4 Å². The van der Waals surface area contributed by atoms with Crippen molar-refractivity contribution >= 4 is 23.2 Å². The monoisotopic (exact) mass is 246 g/mol. The largest absolute Gasteiger partial charge is 0.257 e. The fraction of sp³-hybridized carbons (Fsp3) is 0.727. The minimum absolute atomic E-state index is 0.320. The fourth-order valence-corrected chi connectivity index (χ4v) is 2.56. The highest BCUT2D eigenvalue weighted by Crippen LogP contribution is 2.38. The highest BCUT2D eigenvalue weighted by atomic mass is 35.5. The van der Waals surface area contributed by atoms with Crippen molar-refractivity contribution < 1.29 is 0 Å². The van der Waals surface area contributed by atoms with E-state index in [9.17, 15) is 0 Å².